The zero-order chi connectivity index (χ0) is 16.4. The fraction of sp³-hybridized carbons (Fsp3) is 0.250. The Labute approximate surface area is 138 Å². The number of hydrogen-bond donors (Lipinski definition) is 1. The Kier molecular flexibility index (Phi) is 3.70. The molecule has 0 atom stereocenters. The van der Waals surface area contributed by atoms with Gasteiger partial charge >= 0.3 is 6.03 Å². The second-order valence-corrected chi connectivity index (χ2v) is 5.54. The van der Waals surface area contributed by atoms with E-state index < -0.39 is 0 Å². The second kappa shape index (κ2) is 6.15. The third-order valence-corrected chi connectivity index (χ3v) is 4.07. The molecule has 1 aliphatic rings. The van der Waals surface area contributed by atoms with Gasteiger partial charge in [-0.1, -0.05) is 12.1 Å². The van der Waals surface area contributed by atoms with Gasteiger partial charge in [0.2, 0.25) is 5.95 Å². The molecule has 24 heavy (non-hydrogen) atoms. The van der Waals surface area contributed by atoms with E-state index in [1.165, 1.54) is 0 Å². The number of imidazole rings is 1. The number of aromatic nitrogens is 4. The summed E-state index contributed by atoms with van der Waals surface area (Å²) in [5, 5.41) is 0. The Balaban J connectivity index is 1.40. The van der Waals surface area contributed by atoms with E-state index in [1.54, 1.807) is 34.4 Å². The minimum absolute atomic E-state index is 0.133. The average Bonchev–Trinajstić information content (AvgIpc) is 3.06. The third kappa shape index (κ3) is 2.73. The fourth-order valence-electron chi connectivity index (χ4n) is 2.79. The summed E-state index contributed by atoms with van der Waals surface area (Å²) in [6.45, 7) is 2.66. The highest BCUT2D eigenvalue weighted by Crippen LogP contribution is 2.12. The maximum absolute atomic E-state index is 12.5. The van der Waals surface area contributed by atoms with Crippen molar-refractivity contribution in [1.82, 2.24) is 24.5 Å². The minimum Gasteiger partial charge on any atom is -0.337 e. The summed E-state index contributed by atoms with van der Waals surface area (Å²) >= 11 is 0. The zero-order valence-corrected chi connectivity index (χ0v) is 13.0. The van der Waals surface area contributed by atoms with Crippen LogP contribution < -0.4 is 10.3 Å². The standard InChI is InChI=1S/C16H17N7O/c24-16(20-23-12-19-13-4-1-2-5-14(13)23)22-10-8-21(9-11-22)15-17-6-3-7-18-15/h1-7,12H,8-11H2,(H,20,24). The molecule has 1 fully saturated rings. The molecule has 1 aliphatic heterocycles. The van der Waals surface area contributed by atoms with E-state index in [1.807, 2.05) is 24.3 Å². The molecule has 2 aromatic heterocycles. The third-order valence-electron chi connectivity index (χ3n) is 4.07. The number of piperazine rings is 1. The van der Waals surface area contributed by atoms with E-state index >= 15 is 0 Å². The molecule has 1 aromatic carbocycles. The molecule has 0 radical (unpaired) electrons. The predicted molar refractivity (Wildman–Crippen MR) is 90.3 cm³/mol. The molecule has 8 heteroatoms. The summed E-state index contributed by atoms with van der Waals surface area (Å²) in [5.41, 5.74) is 4.61. The zero-order valence-electron chi connectivity index (χ0n) is 13.0. The van der Waals surface area contributed by atoms with Crippen LogP contribution >= 0.6 is 0 Å². The summed E-state index contributed by atoms with van der Waals surface area (Å²) in [4.78, 5) is 29.1. The van der Waals surface area contributed by atoms with Gasteiger partial charge in [-0.2, -0.15) is 0 Å². The predicted octanol–water partition coefficient (Wildman–Crippen LogP) is 1.31. The molecule has 0 saturated carbocycles. The number of nitrogens with one attached hydrogen (secondary N) is 1. The summed E-state index contributed by atoms with van der Waals surface area (Å²) in [6, 6.07) is 9.34. The van der Waals surface area contributed by atoms with Gasteiger partial charge in [0.05, 0.1) is 11.0 Å². The summed E-state index contributed by atoms with van der Waals surface area (Å²) in [6.07, 6.45) is 5.08. The SMILES string of the molecule is O=C(Nn1cnc2ccccc21)N1CCN(c2ncccn2)CC1. The van der Waals surface area contributed by atoms with Gasteiger partial charge in [0.1, 0.15) is 6.33 Å². The molecule has 4 rings (SSSR count). The maximum Gasteiger partial charge on any atom is 0.336 e. The Morgan fingerprint density at radius 1 is 0.958 bits per heavy atom. The number of fused-ring (bicyclic) bond motifs is 1. The number of amides is 2. The van der Waals surface area contributed by atoms with E-state index in [2.05, 4.69) is 25.3 Å². The van der Waals surface area contributed by atoms with E-state index in [-0.39, 0.29) is 6.03 Å². The van der Waals surface area contributed by atoms with Gasteiger partial charge < -0.3 is 9.80 Å². The highest BCUT2D eigenvalue weighted by atomic mass is 16.2. The number of urea groups is 1. The van der Waals surface area contributed by atoms with E-state index in [0.717, 1.165) is 11.0 Å². The van der Waals surface area contributed by atoms with Gasteiger partial charge in [0.15, 0.2) is 0 Å². The van der Waals surface area contributed by atoms with Crippen molar-refractivity contribution in [2.45, 2.75) is 0 Å². The van der Waals surface area contributed by atoms with Crippen LogP contribution in [0.4, 0.5) is 10.7 Å². The molecule has 3 aromatic rings. The lowest BCUT2D eigenvalue weighted by Gasteiger charge is -2.34. The van der Waals surface area contributed by atoms with E-state index in [4.69, 9.17) is 0 Å². The van der Waals surface area contributed by atoms with Crippen LogP contribution in [0.5, 0.6) is 0 Å². The first-order valence-electron chi connectivity index (χ1n) is 7.81. The molecule has 3 heterocycles. The van der Waals surface area contributed by atoms with Gasteiger partial charge in [0, 0.05) is 38.6 Å². The highest BCUT2D eigenvalue weighted by Gasteiger charge is 2.22. The number of para-hydroxylation sites is 2. The number of nitrogens with zero attached hydrogens (tertiary/aromatic N) is 6. The molecular formula is C16H17N7O. The van der Waals surface area contributed by atoms with Crippen LogP contribution in [0.15, 0.2) is 49.1 Å². The molecule has 0 bridgehead atoms. The van der Waals surface area contributed by atoms with Crippen LogP contribution in [0, 0.1) is 0 Å². The summed E-state index contributed by atoms with van der Waals surface area (Å²) in [7, 11) is 0. The van der Waals surface area contributed by atoms with Crippen molar-refractivity contribution in [2.75, 3.05) is 36.5 Å². The Hall–Kier alpha value is -3.16. The van der Waals surface area contributed by atoms with Crippen LogP contribution in [0.25, 0.3) is 11.0 Å². The van der Waals surface area contributed by atoms with Crippen molar-refractivity contribution in [3.8, 4) is 0 Å². The first kappa shape index (κ1) is 14.4. The minimum atomic E-state index is -0.133. The number of anilines is 1. The van der Waals surface area contributed by atoms with E-state index in [0.29, 0.717) is 32.1 Å². The van der Waals surface area contributed by atoms with Crippen molar-refractivity contribution in [3.05, 3.63) is 49.1 Å². The quantitative estimate of drug-likeness (QED) is 0.769. The number of rotatable bonds is 2. The van der Waals surface area contributed by atoms with E-state index in [9.17, 15) is 4.79 Å². The van der Waals surface area contributed by atoms with Crippen LogP contribution in [0.1, 0.15) is 0 Å². The maximum atomic E-state index is 12.5. The summed E-state index contributed by atoms with van der Waals surface area (Å²) < 4.78 is 1.66. The summed E-state index contributed by atoms with van der Waals surface area (Å²) in [5.74, 6) is 0.707. The van der Waals surface area contributed by atoms with Crippen molar-refractivity contribution in [3.63, 3.8) is 0 Å². The molecule has 8 nitrogen and oxygen atoms in total. The van der Waals surface area contributed by atoms with Crippen LogP contribution in [0.3, 0.4) is 0 Å². The van der Waals surface area contributed by atoms with Crippen molar-refractivity contribution in [1.29, 1.82) is 0 Å². The van der Waals surface area contributed by atoms with Crippen molar-refractivity contribution >= 4 is 23.0 Å². The Bertz CT molecular complexity index is 840. The van der Waals surface area contributed by atoms with Gasteiger partial charge in [-0.25, -0.2) is 29.8 Å². The smallest absolute Gasteiger partial charge is 0.336 e. The lowest BCUT2D eigenvalue weighted by molar-refractivity contribution is 0.205. The number of carbonyl (C=O) groups is 1. The van der Waals surface area contributed by atoms with Crippen molar-refractivity contribution < 1.29 is 4.79 Å². The normalized spacial score (nSPS) is 14.8. The number of carbonyl (C=O) groups excluding carboxylic acids is 1. The van der Waals surface area contributed by atoms with Crippen molar-refractivity contribution in [2.24, 2.45) is 0 Å². The largest absolute Gasteiger partial charge is 0.337 e. The van der Waals surface area contributed by atoms with Gasteiger partial charge in [-0.15, -0.1) is 0 Å². The molecule has 1 N–H and O–H groups in total. The van der Waals surface area contributed by atoms with Crippen LogP contribution in [-0.4, -0.2) is 56.7 Å². The van der Waals surface area contributed by atoms with Gasteiger partial charge in [-0.3, -0.25) is 0 Å². The Morgan fingerprint density at radius 2 is 1.71 bits per heavy atom. The average molecular weight is 323 g/mol. The fourth-order valence-corrected chi connectivity index (χ4v) is 2.79. The molecule has 0 spiro atoms. The Morgan fingerprint density at radius 3 is 2.50 bits per heavy atom. The molecule has 0 unspecified atom stereocenters. The lowest BCUT2D eigenvalue weighted by Crippen LogP contribution is -2.51. The highest BCUT2D eigenvalue weighted by molar-refractivity contribution is 5.85. The molecule has 2 amide bonds. The van der Waals surface area contributed by atoms with Gasteiger partial charge in [0.25, 0.3) is 0 Å². The molecule has 122 valence electrons. The monoisotopic (exact) mass is 323 g/mol. The van der Waals surface area contributed by atoms with Gasteiger partial charge in [-0.05, 0) is 18.2 Å². The van der Waals surface area contributed by atoms with Crippen LogP contribution in [-0.2, 0) is 0 Å². The number of benzene rings is 1. The lowest BCUT2D eigenvalue weighted by atomic mass is 10.3. The first-order chi connectivity index (χ1) is 11.8. The topological polar surface area (TPSA) is 79.2 Å². The second-order valence-electron chi connectivity index (χ2n) is 5.54. The van der Waals surface area contributed by atoms with Crippen LogP contribution in [0.2, 0.25) is 0 Å². The molecular weight excluding hydrogens is 306 g/mol. The molecule has 1 saturated heterocycles. The first-order valence-corrected chi connectivity index (χ1v) is 7.81. The molecule has 0 aliphatic carbocycles. The number of hydrogen-bond acceptors (Lipinski definition) is 5.